The highest BCUT2D eigenvalue weighted by Crippen LogP contribution is 2.24. The monoisotopic (exact) mass is 502 g/mol. The van der Waals surface area contributed by atoms with Crippen LogP contribution in [0.15, 0.2) is 59.4 Å². The summed E-state index contributed by atoms with van der Waals surface area (Å²) < 4.78 is 39.6. The summed E-state index contributed by atoms with van der Waals surface area (Å²) in [5.74, 6) is -0.146. The van der Waals surface area contributed by atoms with E-state index in [1.54, 1.807) is 48.5 Å². The molecule has 0 aliphatic carbocycles. The van der Waals surface area contributed by atoms with E-state index in [1.165, 1.54) is 22.6 Å². The van der Waals surface area contributed by atoms with E-state index in [2.05, 4.69) is 4.98 Å². The molecule has 0 radical (unpaired) electrons. The predicted octanol–water partition coefficient (Wildman–Crippen LogP) is 5.09. The van der Waals surface area contributed by atoms with Crippen molar-refractivity contribution in [2.45, 2.75) is 32.0 Å². The van der Waals surface area contributed by atoms with Crippen molar-refractivity contribution >= 4 is 17.5 Å². The van der Waals surface area contributed by atoms with Crippen molar-refractivity contribution in [1.29, 1.82) is 5.26 Å². The molecule has 0 saturated heterocycles. The molecule has 1 heterocycles. The molecular weight excluding hydrogens is 481 g/mol. The molecule has 0 aliphatic heterocycles. The molecule has 0 aliphatic rings. The number of carbonyl (C=O) groups excluding carboxylic acids is 1. The molecule has 3 aromatic rings. The van der Waals surface area contributed by atoms with Crippen LogP contribution in [-0.4, -0.2) is 40.1 Å². The lowest BCUT2D eigenvalue weighted by molar-refractivity contribution is -0.135. The van der Waals surface area contributed by atoms with Crippen LogP contribution >= 0.6 is 11.6 Å². The fraction of sp³-hybridized carbons (Fsp3) is 0.280. The van der Waals surface area contributed by atoms with Gasteiger partial charge in [-0.15, -0.1) is 0 Å². The Hall–Kier alpha value is -3.64. The minimum atomic E-state index is -4.32. The Morgan fingerprint density at radius 3 is 2.54 bits per heavy atom. The van der Waals surface area contributed by atoms with Gasteiger partial charge in [-0.25, -0.2) is 4.98 Å². The first-order valence-electron chi connectivity index (χ1n) is 10.7. The third kappa shape index (κ3) is 7.17. The molecule has 6 nitrogen and oxygen atoms in total. The van der Waals surface area contributed by atoms with E-state index in [1.807, 2.05) is 6.07 Å². The minimum Gasteiger partial charge on any atom is -0.328 e. The fourth-order valence-electron chi connectivity index (χ4n) is 3.51. The minimum absolute atomic E-state index is 0.0250. The number of aromatic nitrogens is 2. The van der Waals surface area contributed by atoms with E-state index < -0.39 is 18.2 Å². The van der Waals surface area contributed by atoms with Gasteiger partial charge in [0, 0.05) is 42.1 Å². The van der Waals surface area contributed by atoms with Gasteiger partial charge in [0.2, 0.25) is 0 Å². The summed E-state index contributed by atoms with van der Waals surface area (Å²) in [5, 5.41) is 9.32. The quantitative estimate of drug-likeness (QED) is 0.402. The molecule has 3 rings (SSSR count). The van der Waals surface area contributed by atoms with Crippen LogP contribution in [0.4, 0.5) is 13.2 Å². The fourth-order valence-corrected chi connectivity index (χ4v) is 3.64. The Bertz CT molecular complexity index is 1300. The van der Waals surface area contributed by atoms with Crippen LogP contribution in [-0.2, 0) is 13.0 Å². The Morgan fingerprint density at radius 2 is 1.89 bits per heavy atom. The van der Waals surface area contributed by atoms with Gasteiger partial charge in [0.1, 0.15) is 12.4 Å². The Kier molecular flexibility index (Phi) is 8.30. The Morgan fingerprint density at radius 1 is 1.17 bits per heavy atom. The number of benzene rings is 2. The number of hydrogen-bond acceptors (Lipinski definition) is 4. The summed E-state index contributed by atoms with van der Waals surface area (Å²) in [5.41, 5.74) is 1.46. The molecule has 182 valence electrons. The number of nitrogens with zero attached hydrogens (tertiary/aromatic N) is 4. The second-order valence-corrected chi connectivity index (χ2v) is 8.41. The third-order valence-electron chi connectivity index (χ3n) is 5.26. The van der Waals surface area contributed by atoms with Crippen LogP contribution in [0, 0.1) is 11.3 Å². The van der Waals surface area contributed by atoms with E-state index >= 15 is 0 Å². The van der Waals surface area contributed by atoms with Crippen molar-refractivity contribution in [2.24, 2.45) is 0 Å². The first kappa shape index (κ1) is 26.0. The highest BCUT2D eigenvalue weighted by atomic mass is 35.5. The summed E-state index contributed by atoms with van der Waals surface area (Å²) in [4.78, 5) is 31.3. The second kappa shape index (κ2) is 11.2. The van der Waals surface area contributed by atoms with Gasteiger partial charge in [-0.1, -0.05) is 35.9 Å². The number of amides is 1. The van der Waals surface area contributed by atoms with Gasteiger partial charge < -0.3 is 4.90 Å². The van der Waals surface area contributed by atoms with E-state index in [0.29, 0.717) is 27.4 Å². The topological polar surface area (TPSA) is 79.0 Å². The van der Waals surface area contributed by atoms with E-state index in [4.69, 9.17) is 16.9 Å². The van der Waals surface area contributed by atoms with Crippen LogP contribution in [0.5, 0.6) is 0 Å². The van der Waals surface area contributed by atoms with Gasteiger partial charge in [-0.05, 0) is 36.2 Å². The smallest absolute Gasteiger partial charge is 0.328 e. The maximum Gasteiger partial charge on any atom is 0.389 e. The van der Waals surface area contributed by atoms with Crippen LogP contribution < -0.4 is 5.56 Å². The number of aryl methyl sites for hydroxylation is 1. The molecule has 0 spiro atoms. The lowest BCUT2D eigenvalue weighted by Gasteiger charge is -2.16. The Labute approximate surface area is 205 Å². The average Bonchev–Trinajstić information content (AvgIpc) is 2.80. The second-order valence-electron chi connectivity index (χ2n) is 7.98. The zero-order valence-corrected chi connectivity index (χ0v) is 19.6. The summed E-state index contributed by atoms with van der Waals surface area (Å²) in [6.07, 6.45) is -5.59. The highest BCUT2D eigenvalue weighted by molar-refractivity contribution is 6.30. The summed E-state index contributed by atoms with van der Waals surface area (Å²) >= 11 is 5.92. The average molecular weight is 503 g/mol. The first-order chi connectivity index (χ1) is 16.6. The SMILES string of the molecule is CN(CC#N)C(=O)c1cccc(Cn2c(CCCC(F)(F)F)nc(-c3ccc(Cl)cc3)cc2=O)c1. The maximum atomic E-state index is 13.0. The zero-order chi connectivity index (χ0) is 25.6. The van der Waals surface area contributed by atoms with E-state index in [0.717, 1.165) is 0 Å². The van der Waals surface area contributed by atoms with Crippen LogP contribution in [0.2, 0.25) is 5.02 Å². The van der Waals surface area contributed by atoms with Gasteiger partial charge >= 0.3 is 6.18 Å². The lowest BCUT2D eigenvalue weighted by atomic mass is 10.1. The van der Waals surface area contributed by atoms with Crippen LogP contribution in [0.3, 0.4) is 0 Å². The van der Waals surface area contributed by atoms with E-state index in [9.17, 15) is 22.8 Å². The molecule has 35 heavy (non-hydrogen) atoms. The van der Waals surface area contributed by atoms with Crippen LogP contribution in [0.1, 0.15) is 34.6 Å². The van der Waals surface area contributed by atoms with Crippen molar-refractivity contribution in [3.63, 3.8) is 0 Å². The molecule has 2 aromatic carbocycles. The largest absolute Gasteiger partial charge is 0.389 e. The molecule has 0 bridgehead atoms. The number of alkyl halides is 3. The molecule has 0 unspecified atom stereocenters. The number of halogens is 4. The highest BCUT2D eigenvalue weighted by Gasteiger charge is 2.26. The van der Waals surface area contributed by atoms with E-state index in [-0.39, 0.29) is 37.7 Å². The Balaban J connectivity index is 1.96. The molecule has 1 amide bonds. The zero-order valence-electron chi connectivity index (χ0n) is 18.8. The molecule has 1 aromatic heterocycles. The molecular formula is C25H22ClF3N4O2. The number of carbonyl (C=O) groups is 1. The van der Waals surface area contributed by atoms with Gasteiger partial charge in [0.25, 0.3) is 11.5 Å². The van der Waals surface area contributed by atoms with Crippen molar-refractivity contribution in [3.8, 4) is 17.3 Å². The maximum absolute atomic E-state index is 13.0. The third-order valence-corrected chi connectivity index (χ3v) is 5.51. The van der Waals surface area contributed by atoms with Crippen molar-refractivity contribution in [1.82, 2.24) is 14.5 Å². The molecule has 0 saturated carbocycles. The molecule has 10 heteroatoms. The summed E-state index contributed by atoms with van der Waals surface area (Å²) in [6.45, 7) is -0.0564. The van der Waals surface area contributed by atoms with Crippen molar-refractivity contribution in [3.05, 3.63) is 86.9 Å². The number of nitriles is 1. The predicted molar refractivity (Wildman–Crippen MR) is 126 cm³/mol. The lowest BCUT2D eigenvalue weighted by Crippen LogP contribution is -2.28. The number of hydrogen-bond donors (Lipinski definition) is 0. The molecule has 0 fully saturated rings. The first-order valence-corrected chi connectivity index (χ1v) is 11.1. The van der Waals surface area contributed by atoms with Crippen molar-refractivity contribution < 1.29 is 18.0 Å². The molecule has 0 N–H and O–H groups in total. The number of rotatable bonds is 8. The normalized spacial score (nSPS) is 11.2. The van der Waals surface area contributed by atoms with Gasteiger partial charge in [0.15, 0.2) is 0 Å². The van der Waals surface area contributed by atoms with Gasteiger partial charge in [-0.2, -0.15) is 18.4 Å². The van der Waals surface area contributed by atoms with Gasteiger partial charge in [0.05, 0.1) is 18.3 Å². The molecule has 0 atom stereocenters. The van der Waals surface area contributed by atoms with Gasteiger partial charge in [-0.3, -0.25) is 14.2 Å². The van der Waals surface area contributed by atoms with Crippen molar-refractivity contribution in [2.75, 3.05) is 13.6 Å². The summed E-state index contributed by atoms with van der Waals surface area (Å²) in [6, 6.07) is 16.4. The standard InChI is InChI=1S/C25H22ClF3N4O2/c1-32(13-12-30)24(35)19-5-2-4-17(14-19)16-33-22(6-3-11-25(27,28)29)31-21(15-23(33)34)18-7-9-20(26)10-8-18/h2,4-5,7-10,14-15H,3,6,11,13,16H2,1H3. The summed E-state index contributed by atoms with van der Waals surface area (Å²) in [7, 11) is 1.50. The van der Waals surface area contributed by atoms with Crippen LogP contribution in [0.25, 0.3) is 11.3 Å².